The predicted molar refractivity (Wildman–Crippen MR) is 110 cm³/mol. The monoisotopic (exact) mass is 402 g/mol. The van der Waals surface area contributed by atoms with Crippen LogP contribution in [0.15, 0.2) is 48.5 Å². The second-order valence-corrected chi connectivity index (χ2v) is 5.93. The molecule has 0 saturated heterocycles. The summed E-state index contributed by atoms with van der Waals surface area (Å²) in [5.74, 6) is -0.347. The lowest BCUT2D eigenvalue weighted by Crippen LogP contribution is -2.34. The average molecular weight is 402 g/mol. The molecule has 0 aliphatic heterocycles. The Bertz CT molecular complexity index is 841. The molecule has 8 heteroatoms. The molecule has 0 saturated carbocycles. The lowest BCUT2D eigenvalue weighted by atomic mass is 10.2. The number of carbonyl (C=O) groups is 2. The molecule has 0 aliphatic carbocycles. The van der Waals surface area contributed by atoms with E-state index in [0.717, 1.165) is 0 Å². The van der Waals surface area contributed by atoms with Crippen LogP contribution in [0.25, 0.3) is 0 Å². The first-order valence-corrected chi connectivity index (χ1v) is 9.06. The lowest BCUT2D eigenvalue weighted by Gasteiger charge is -2.13. The molecule has 0 radical (unpaired) electrons. The highest BCUT2D eigenvalue weighted by Crippen LogP contribution is 2.16. The van der Waals surface area contributed by atoms with Gasteiger partial charge >= 0.3 is 5.97 Å². The SMILES string of the molecule is CCOCCOc1cccc(C(=O)NC(=S)Nc2ccccc2C(=O)OC)c1. The number of ether oxygens (including phenoxy) is 3. The van der Waals surface area contributed by atoms with E-state index in [4.69, 9.17) is 26.4 Å². The maximum absolute atomic E-state index is 12.4. The Hall–Kier alpha value is -2.97. The Labute approximate surface area is 169 Å². The number of thiocarbonyl (C=S) groups is 1. The van der Waals surface area contributed by atoms with Crippen molar-refractivity contribution in [1.29, 1.82) is 0 Å². The summed E-state index contributed by atoms with van der Waals surface area (Å²) < 4.78 is 15.5. The van der Waals surface area contributed by atoms with Crippen molar-refractivity contribution in [1.82, 2.24) is 5.32 Å². The van der Waals surface area contributed by atoms with Crippen molar-refractivity contribution in [2.75, 3.05) is 32.2 Å². The number of esters is 1. The first kappa shape index (κ1) is 21.3. The van der Waals surface area contributed by atoms with E-state index >= 15 is 0 Å². The van der Waals surface area contributed by atoms with Crippen LogP contribution < -0.4 is 15.4 Å². The molecule has 0 aromatic heterocycles. The Balaban J connectivity index is 1.98. The van der Waals surface area contributed by atoms with E-state index in [-0.39, 0.29) is 5.11 Å². The molecule has 2 N–H and O–H groups in total. The van der Waals surface area contributed by atoms with Crippen molar-refractivity contribution in [3.63, 3.8) is 0 Å². The van der Waals surface area contributed by atoms with Gasteiger partial charge in [0, 0.05) is 12.2 Å². The zero-order valence-corrected chi connectivity index (χ0v) is 16.5. The summed E-state index contributed by atoms with van der Waals surface area (Å²) >= 11 is 5.18. The van der Waals surface area contributed by atoms with Crippen molar-refractivity contribution in [2.45, 2.75) is 6.92 Å². The number of rotatable bonds is 8. The minimum absolute atomic E-state index is 0.0593. The van der Waals surface area contributed by atoms with Gasteiger partial charge in [0.15, 0.2) is 5.11 Å². The van der Waals surface area contributed by atoms with Crippen molar-refractivity contribution >= 4 is 34.9 Å². The number of nitrogens with one attached hydrogen (secondary N) is 2. The molecule has 148 valence electrons. The molecule has 2 rings (SSSR count). The van der Waals surface area contributed by atoms with E-state index in [9.17, 15) is 9.59 Å². The third-order valence-electron chi connectivity index (χ3n) is 3.60. The second kappa shape index (κ2) is 11.0. The number of anilines is 1. The van der Waals surface area contributed by atoms with Crippen LogP contribution in [-0.4, -0.2) is 43.9 Å². The molecule has 0 atom stereocenters. The summed E-state index contributed by atoms with van der Waals surface area (Å²) in [7, 11) is 1.29. The lowest BCUT2D eigenvalue weighted by molar-refractivity contribution is 0.0602. The van der Waals surface area contributed by atoms with E-state index in [1.807, 2.05) is 6.92 Å². The van der Waals surface area contributed by atoms with Crippen LogP contribution in [0.1, 0.15) is 27.6 Å². The molecule has 2 aromatic rings. The first-order valence-electron chi connectivity index (χ1n) is 8.65. The molecule has 0 heterocycles. The Morgan fingerprint density at radius 2 is 1.86 bits per heavy atom. The molecule has 0 fully saturated rings. The Morgan fingerprint density at radius 3 is 2.61 bits per heavy atom. The third-order valence-corrected chi connectivity index (χ3v) is 3.81. The van der Waals surface area contributed by atoms with Gasteiger partial charge in [0.1, 0.15) is 12.4 Å². The van der Waals surface area contributed by atoms with Gasteiger partial charge in [0.2, 0.25) is 0 Å². The molecule has 2 aromatic carbocycles. The summed E-state index contributed by atoms with van der Waals surface area (Å²) in [6.07, 6.45) is 0. The quantitative estimate of drug-likeness (QED) is 0.399. The third kappa shape index (κ3) is 6.33. The molecule has 1 amide bonds. The Morgan fingerprint density at radius 1 is 1.07 bits per heavy atom. The number of amides is 1. The van der Waals surface area contributed by atoms with Gasteiger partial charge in [-0.1, -0.05) is 18.2 Å². The van der Waals surface area contributed by atoms with Crippen molar-refractivity contribution < 1.29 is 23.8 Å². The van der Waals surface area contributed by atoms with Gasteiger partial charge in [-0.2, -0.15) is 0 Å². The minimum atomic E-state index is -0.505. The van der Waals surface area contributed by atoms with Crippen LogP contribution in [-0.2, 0) is 9.47 Å². The molecule has 7 nitrogen and oxygen atoms in total. The second-order valence-electron chi connectivity index (χ2n) is 5.52. The van der Waals surface area contributed by atoms with Crippen LogP contribution in [0.3, 0.4) is 0 Å². The standard InChI is InChI=1S/C20H22N2O5S/c1-3-26-11-12-27-15-8-6-7-14(13-15)18(23)22-20(28)21-17-10-5-4-9-16(17)19(24)25-2/h4-10,13H,3,11-12H2,1-2H3,(H2,21,22,23,28). The van der Waals surface area contributed by atoms with Crippen molar-refractivity contribution in [3.8, 4) is 5.75 Å². The van der Waals surface area contributed by atoms with Gasteiger partial charge in [0.25, 0.3) is 5.91 Å². The van der Waals surface area contributed by atoms with Crippen LogP contribution in [0, 0.1) is 0 Å². The van der Waals surface area contributed by atoms with E-state index in [1.54, 1.807) is 48.5 Å². The predicted octanol–water partition coefficient (Wildman–Crippen LogP) is 3.02. The zero-order chi connectivity index (χ0) is 20.4. The number of benzene rings is 2. The van der Waals surface area contributed by atoms with Crippen LogP contribution in [0.4, 0.5) is 5.69 Å². The molecule has 0 aliphatic rings. The molecule has 28 heavy (non-hydrogen) atoms. The zero-order valence-electron chi connectivity index (χ0n) is 15.7. The normalized spacial score (nSPS) is 10.1. The maximum Gasteiger partial charge on any atom is 0.339 e. The Kier molecular flexibility index (Phi) is 8.38. The number of carbonyl (C=O) groups excluding carboxylic acids is 2. The summed E-state index contributed by atoms with van der Waals surface area (Å²) in [5.41, 5.74) is 1.14. The van der Waals surface area contributed by atoms with Crippen LogP contribution in [0.2, 0.25) is 0 Å². The summed E-state index contributed by atoms with van der Waals surface area (Å²) in [5, 5.41) is 5.48. The fourth-order valence-corrected chi connectivity index (χ4v) is 2.50. The van der Waals surface area contributed by atoms with Gasteiger partial charge in [-0.15, -0.1) is 0 Å². The highest BCUT2D eigenvalue weighted by Gasteiger charge is 2.14. The molecule has 0 unspecified atom stereocenters. The van der Waals surface area contributed by atoms with Crippen LogP contribution >= 0.6 is 12.2 Å². The molecular formula is C20H22N2O5S. The van der Waals surface area contributed by atoms with Gasteiger partial charge in [-0.3, -0.25) is 10.1 Å². The number of para-hydroxylation sites is 1. The number of hydrogen-bond acceptors (Lipinski definition) is 6. The van der Waals surface area contributed by atoms with E-state index in [0.29, 0.717) is 42.4 Å². The topological polar surface area (TPSA) is 85.9 Å². The van der Waals surface area contributed by atoms with Gasteiger partial charge < -0.3 is 19.5 Å². The highest BCUT2D eigenvalue weighted by atomic mass is 32.1. The number of hydrogen-bond donors (Lipinski definition) is 2. The van der Waals surface area contributed by atoms with E-state index < -0.39 is 11.9 Å². The molecular weight excluding hydrogens is 380 g/mol. The van der Waals surface area contributed by atoms with E-state index in [1.165, 1.54) is 7.11 Å². The fourth-order valence-electron chi connectivity index (χ4n) is 2.30. The van der Waals surface area contributed by atoms with Crippen molar-refractivity contribution in [3.05, 3.63) is 59.7 Å². The van der Waals surface area contributed by atoms with Crippen molar-refractivity contribution in [2.24, 2.45) is 0 Å². The summed E-state index contributed by atoms with van der Waals surface area (Å²) in [4.78, 5) is 24.2. The van der Waals surface area contributed by atoms with Crippen LogP contribution in [0.5, 0.6) is 5.75 Å². The summed E-state index contributed by atoms with van der Waals surface area (Å²) in [6.45, 7) is 3.39. The highest BCUT2D eigenvalue weighted by molar-refractivity contribution is 7.80. The summed E-state index contributed by atoms with van der Waals surface area (Å²) in [6, 6.07) is 13.4. The fraction of sp³-hybridized carbons (Fsp3) is 0.250. The minimum Gasteiger partial charge on any atom is -0.491 e. The smallest absolute Gasteiger partial charge is 0.339 e. The molecule has 0 spiro atoms. The number of methoxy groups -OCH3 is 1. The maximum atomic E-state index is 12.4. The van der Waals surface area contributed by atoms with Gasteiger partial charge in [-0.25, -0.2) is 4.79 Å². The first-order chi connectivity index (χ1) is 13.5. The van der Waals surface area contributed by atoms with E-state index in [2.05, 4.69) is 10.6 Å². The average Bonchev–Trinajstić information content (AvgIpc) is 2.71. The van der Waals surface area contributed by atoms with Gasteiger partial charge in [-0.05, 0) is 49.5 Å². The molecule has 0 bridgehead atoms. The largest absolute Gasteiger partial charge is 0.491 e. The van der Waals surface area contributed by atoms with Gasteiger partial charge in [0.05, 0.1) is 25.0 Å².